The van der Waals surface area contributed by atoms with Crippen LogP contribution in [0.5, 0.6) is 5.75 Å². The molecule has 0 aliphatic carbocycles. The Labute approximate surface area is 95.7 Å². The zero-order valence-electron chi connectivity index (χ0n) is 9.10. The van der Waals surface area contributed by atoms with E-state index in [0.29, 0.717) is 5.92 Å². The van der Waals surface area contributed by atoms with Crippen LogP contribution in [-0.4, -0.2) is 6.61 Å². The molecule has 0 unspecified atom stereocenters. The highest BCUT2D eigenvalue weighted by atomic mass is 16.5. The maximum Gasteiger partial charge on any atom is 0.123 e. The minimum atomic E-state index is 0.492. The molecule has 2 aromatic carbocycles. The zero-order valence-corrected chi connectivity index (χ0v) is 9.10. The standard InChI is InChI=1S/C15H14O/c1-2-6-12(7-3-1)13-10-11-16-15-9-5-4-8-14(13)15/h1-9,13H,10-11H2/t13-/m0/s1. The summed E-state index contributed by atoms with van der Waals surface area (Å²) < 4.78 is 5.68. The lowest BCUT2D eigenvalue weighted by atomic mass is 9.87. The van der Waals surface area contributed by atoms with Crippen LogP contribution in [0.15, 0.2) is 54.6 Å². The van der Waals surface area contributed by atoms with Crippen LogP contribution < -0.4 is 4.74 Å². The summed E-state index contributed by atoms with van der Waals surface area (Å²) in [5.41, 5.74) is 2.71. The molecule has 0 amide bonds. The number of benzene rings is 2. The van der Waals surface area contributed by atoms with E-state index in [1.54, 1.807) is 0 Å². The summed E-state index contributed by atoms with van der Waals surface area (Å²) in [6, 6.07) is 19.0. The molecule has 1 nitrogen and oxygen atoms in total. The van der Waals surface area contributed by atoms with Crippen LogP contribution in [-0.2, 0) is 0 Å². The average molecular weight is 210 g/mol. The molecule has 0 bridgehead atoms. The van der Waals surface area contributed by atoms with Gasteiger partial charge in [0.05, 0.1) is 6.61 Å². The van der Waals surface area contributed by atoms with Crippen LogP contribution >= 0.6 is 0 Å². The van der Waals surface area contributed by atoms with Crippen LogP contribution in [0.3, 0.4) is 0 Å². The van der Waals surface area contributed by atoms with Crippen LogP contribution in [0.25, 0.3) is 0 Å². The molecule has 16 heavy (non-hydrogen) atoms. The van der Waals surface area contributed by atoms with Gasteiger partial charge in [0.1, 0.15) is 5.75 Å². The molecule has 0 fully saturated rings. The Bertz CT molecular complexity index is 476. The third kappa shape index (κ3) is 1.58. The van der Waals surface area contributed by atoms with E-state index in [4.69, 9.17) is 4.74 Å². The molecule has 0 saturated carbocycles. The van der Waals surface area contributed by atoms with E-state index in [1.807, 2.05) is 6.07 Å². The second-order valence-electron chi connectivity index (χ2n) is 4.14. The largest absolute Gasteiger partial charge is 0.493 e. The molecule has 0 N–H and O–H groups in total. The third-order valence-corrected chi connectivity index (χ3v) is 3.16. The molecule has 0 spiro atoms. The molecule has 1 heterocycles. The first-order chi connectivity index (χ1) is 7.95. The van der Waals surface area contributed by atoms with E-state index in [1.165, 1.54) is 11.1 Å². The second-order valence-corrected chi connectivity index (χ2v) is 4.14. The Morgan fingerprint density at radius 2 is 1.62 bits per heavy atom. The Hall–Kier alpha value is -1.76. The van der Waals surface area contributed by atoms with Gasteiger partial charge in [-0.3, -0.25) is 0 Å². The molecular weight excluding hydrogens is 196 g/mol. The second kappa shape index (κ2) is 4.01. The number of hydrogen-bond acceptors (Lipinski definition) is 1. The summed E-state index contributed by atoms with van der Waals surface area (Å²) in [7, 11) is 0. The van der Waals surface area contributed by atoms with Crippen LogP contribution in [0.1, 0.15) is 23.5 Å². The van der Waals surface area contributed by atoms with Crippen LogP contribution in [0.4, 0.5) is 0 Å². The molecule has 80 valence electrons. The summed E-state index contributed by atoms with van der Waals surface area (Å²) in [6.45, 7) is 0.816. The lowest BCUT2D eigenvalue weighted by Crippen LogP contribution is -2.14. The lowest BCUT2D eigenvalue weighted by Gasteiger charge is -2.26. The Morgan fingerprint density at radius 1 is 0.875 bits per heavy atom. The van der Waals surface area contributed by atoms with Gasteiger partial charge in [0.2, 0.25) is 0 Å². The molecule has 0 saturated heterocycles. The molecule has 1 aliphatic rings. The Balaban J connectivity index is 2.05. The quantitative estimate of drug-likeness (QED) is 0.698. The van der Waals surface area contributed by atoms with Crippen molar-refractivity contribution in [3.8, 4) is 5.75 Å². The van der Waals surface area contributed by atoms with Gasteiger partial charge in [-0.05, 0) is 18.1 Å². The monoisotopic (exact) mass is 210 g/mol. The van der Waals surface area contributed by atoms with E-state index in [9.17, 15) is 0 Å². The van der Waals surface area contributed by atoms with Crippen molar-refractivity contribution >= 4 is 0 Å². The predicted molar refractivity (Wildman–Crippen MR) is 64.8 cm³/mol. The van der Waals surface area contributed by atoms with Crippen LogP contribution in [0, 0.1) is 0 Å². The van der Waals surface area contributed by atoms with Crippen molar-refractivity contribution in [1.82, 2.24) is 0 Å². The fourth-order valence-electron chi connectivity index (χ4n) is 2.37. The van der Waals surface area contributed by atoms with Crippen LogP contribution in [0.2, 0.25) is 0 Å². The fraction of sp³-hybridized carbons (Fsp3) is 0.200. The van der Waals surface area contributed by atoms with Crippen molar-refractivity contribution in [1.29, 1.82) is 0 Å². The maximum atomic E-state index is 5.68. The number of fused-ring (bicyclic) bond motifs is 1. The van der Waals surface area contributed by atoms with Crippen molar-refractivity contribution in [3.63, 3.8) is 0 Å². The van der Waals surface area contributed by atoms with Gasteiger partial charge in [0.15, 0.2) is 0 Å². The molecule has 0 radical (unpaired) electrons. The molecule has 0 aromatic heterocycles. The Kier molecular flexibility index (Phi) is 2.37. The van der Waals surface area contributed by atoms with E-state index in [2.05, 4.69) is 48.5 Å². The van der Waals surface area contributed by atoms with Gasteiger partial charge in [-0.25, -0.2) is 0 Å². The van der Waals surface area contributed by atoms with Gasteiger partial charge in [0.25, 0.3) is 0 Å². The van der Waals surface area contributed by atoms with Gasteiger partial charge >= 0.3 is 0 Å². The van der Waals surface area contributed by atoms with Gasteiger partial charge in [-0.1, -0.05) is 48.5 Å². The number of para-hydroxylation sites is 1. The first-order valence-electron chi connectivity index (χ1n) is 5.72. The average Bonchev–Trinajstić information content (AvgIpc) is 2.39. The zero-order chi connectivity index (χ0) is 10.8. The highest BCUT2D eigenvalue weighted by molar-refractivity contribution is 5.43. The summed E-state index contributed by atoms with van der Waals surface area (Å²) in [5.74, 6) is 1.54. The first-order valence-corrected chi connectivity index (χ1v) is 5.72. The molecule has 1 atom stereocenters. The maximum absolute atomic E-state index is 5.68. The lowest BCUT2D eigenvalue weighted by molar-refractivity contribution is 0.277. The smallest absolute Gasteiger partial charge is 0.123 e. The summed E-state index contributed by atoms with van der Waals surface area (Å²) in [6.07, 6.45) is 1.07. The van der Waals surface area contributed by atoms with Crippen molar-refractivity contribution in [2.75, 3.05) is 6.61 Å². The molecule has 1 heteroatoms. The number of rotatable bonds is 1. The predicted octanol–water partition coefficient (Wildman–Crippen LogP) is 3.60. The van der Waals surface area contributed by atoms with Crippen molar-refractivity contribution in [3.05, 3.63) is 65.7 Å². The summed E-state index contributed by atoms with van der Waals surface area (Å²) in [4.78, 5) is 0. The van der Waals surface area contributed by atoms with E-state index in [0.717, 1.165) is 18.8 Å². The van der Waals surface area contributed by atoms with Gasteiger partial charge in [-0.2, -0.15) is 0 Å². The van der Waals surface area contributed by atoms with Crippen molar-refractivity contribution < 1.29 is 4.74 Å². The molecular formula is C15H14O. The van der Waals surface area contributed by atoms with E-state index >= 15 is 0 Å². The van der Waals surface area contributed by atoms with Crippen molar-refractivity contribution in [2.24, 2.45) is 0 Å². The normalized spacial score (nSPS) is 18.6. The minimum absolute atomic E-state index is 0.492. The van der Waals surface area contributed by atoms with E-state index in [-0.39, 0.29) is 0 Å². The Morgan fingerprint density at radius 3 is 2.50 bits per heavy atom. The highest BCUT2D eigenvalue weighted by Crippen LogP contribution is 2.37. The number of hydrogen-bond donors (Lipinski definition) is 0. The SMILES string of the molecule is c1ccc([C@@H]2CCOc3ccccc32)cc1. The summed E-state index contributed by atoms with van der Waals surface area (Å²) in [5, 5.41) is 0. The van der Waals surface area contributed by atoms with Gasteiger partial charge in [-0.15, -0.1) is 0 Å². The topological polar surface area (TPSA) is 9.23 Å². The first kappa shape index (κ1) is 9.46. The van der Waals surface area contributed by atoms with E-state index < -0.39 is 0 Å². The van der Waals surface area contributed by atoms with Gasteiger partial charge in [0, 0.05) is 11.5 Å². The molecule has 3 rings (SSSR count). The van der Waals surface area contributed by atoms with Crippen molar-refractivity contribution in [2.45, 2.75) is 12.3 Å². The van der Waals surface area contributed by atoms with Gasteiger partial charge < -0.3 is 4.74 Å². The minimum Gasteiger partial charge on any atom is -0.493 e. The number of ether oxygens (including phenoxy) is 1. The summed E-state index contributed by atoms with van der Waals surface area (Å²) >= 11 is 0. The fourth-order valence-corrected chi connectivity index (χ4v) is 2.37. The third-order valence-electron chi connectivity index (χ3n) is 3.16. The molecule has 2 aromatic rings. The molecule has 1 aliphatic heterocycles. The highest BCUT2D eigenvalue weighted by Gasteiger charge is 2.21.